The molecule has 1 fully saturated rings. The summed E-state index contributed by atoms with van der Waals surface area (Å²) in [6, 6.07) is 0. The molecule has 0 aromatic rings. The molecule has 0 aromatic heterocycles. The van der Waals surface area contributed by atoms with Crippen molar-refractivity contribution in [3.63, 3.8) is 0 Å². The monoisotopic (exact) mass is 159 g/mol. The first-order valence-corrected chi connectivity index (χ1v) is 5.17. The maximum Gasteiger partial charge on any atom is 0.00115 e. The minimum Gasteiger partial charge on any atom is -0.309 e. The van der Waals surface area contributed by atoms with Gasteiger partial charge in [-0.1, -0.05) is 0 Å². The van der Waals surface area contributed by atoms with Crippen molar-refractivity contribution < 1.29 is 0 Å². The Kier molecular flexibility index (Phi) is 3.57. The SMILES string of the molecule is CN(C)C[C@H]1CCCSC1. The molecular formula is C8H17NS. The van der Waals surface area contributed by atoms with Crippen LogP contribution in [0.15, 0.2) is 0 Å². The average molecular weight is 159 g/mol. The molecule has 1 atom stereocenters. The van der Waals surface area contributed by atoms with Crippen LogP contribution in [0.4, 0.5) is 0 Å². The Morgan fingerprint density at radius 1 is 1.50 bits per heavy atom. The van der Waals surface area contributed by atoms with Gasteiger partial charge in [0.15, 0.2) is 0 Å². The summed E-state index contributed by atoms with van der Waals surface area (Å²) in [7, 11) is 4.33. The van der Waals surface area contributed by atoms with E-state index in [-0.39, 0.29) is 0 Å². The van der Waals surface area contributed by atoms with E-state index in [1.54, 1.807) is 0 Å². The van der Waals surface area contributed by atoms with Gasteiger partial charge < -0.3 is 4.90 Å². The second-order valence-corrected chi connectivity index (χ2v) is 4.50. The molecule has 1 aliphatic heterocycles. The van der Waals surface area contributed by atoms with Gasteiger partial charge in [0.1, 0.15) is 0 Å². The Labute approximate surface area is 68.2 Å². The molecular weight excluding hydrogens is 142 g/mol. The second kappa shape index (κ2) is 4.24. The molecule has 0 spiro atoms. The highest BCUT2D eigenvalue weighted by atomic mass is 32.2. The molecule has 1 aliphatic rings. The number of hydrogen-bond donors (Lipinski definition) is 0. The van der Waals surface area contributed by atoms with Crippen LogP contribution in [0.5, 0.6) is 0 Å². The first kappa shape index (κ1) is 8.41. The Morgan fingerprint density at radius 3 is 2.80 bits per heavy atom. The molecule has 60 valence electrons. The van der Waals surface area contributed by atoms with Gasteiger partial charge in [0.25, 0.3) is 0 Å². The van der Waals surface area contributed by atoms with Crippen molar-refractivity contribution in [3.05, 3.63) is 0 Å². The molecule has 1 heterocycles. The molecule has 2 heteroatoms. The smallest absolute Gasteiger partial charge is 0.00115 e. The van der Waals surface area contributed by atoms with Crippen molar-refractivity contribution in [2.75, 3.05) is 32.1 Å². The Balaban J connectivity index is 2.13. The molecule has 0 aromatic carbocycles. The van der Waals surface area contributed by atoms with E-state index in [4.69, 9.17) is 0 Å². The van der Waals surface area contributed by atoms with Crippen LogP contribution in [-0.2, 0) is 0 Å². The summed E-state index contributed by atoms with van der Waals surface area (Å²) >= 11 is 2.12. The number of hydrogen-bond acceptors (Lipinski definition) is 2. The van der Waals surface area contributed by atoms with Crippen molar-refractivity contribution in [2.45, 2.75) is 12.8 Å². The van der Waals surface area contributed by atoms with Crippen LogP contribution < -0.4 is 0 Å². The predicted octanol–water partition coefficient (Wildman–Crippen LogP) is 1.69. The first-order chi connectivity index (χ1) is 4.79. The van der Waals surface area contributed by atoms with Crippen molar-refractivity contribution in [3.8, 4) is 0 Å². The van der Waals surface area contributed by atoms with E-state index in [0.29, 0.717) is 0 Å². The molecule has 10 heavy (non-hydrogen) atoms. The van der Waals surface area contributed by atoms with E-state index < -0.39 is 0 Å². The third kappa shape index (κ3) is 2.93. The van der Waals surface area contributed by atoms with Crippen LogP contribution in [0.3, 0.4) is 0 Å². The van der Waals surface area contributed by atoms with Crippen molar-refractivity contribution in [1.82, 2.24) is 4.90 Å². The molecule has 0 unspecified atom stereocenters. The fourth-order valence-electron chi connectivity index (χ4n) is 1.47. The summed E-state index contributed by atoms with van der Waals surface area (Å²) in [6.45, 7) is 1.28. The minimum atomic E-state index is 0.966. The van der Waals surface area contributed by atoms with Crippen LogP contribution in [-0.4, -0.2) is 37.0 Å². The molecule has 1 rings (SSSR count). The van der Waals surface area contributed by atoms with Crippen LogP contribution in [0.25, 0.3) is 0 Å². The standard InChI is InChI=1S/C8H17NS/c1-9(2)6-8-4-3-5-10-7-8/h8H,3-7H2,1-2H3/t8-/m1/s1. The number of rotatable bonds is 2. The van der Waals surface area contributed by atoms with E-state index >= 15 is 0 Å². The highest BCUT2D eigenvalue weighted by Gasteiger charge is 2.13. The minimum absolute atomic E-state index is 0.966. The van der Waals surface area contributed by atoms with Gasteiger partial charge in [-0.05, 0) is 44.4 Å². The highest BCUT2D eigenvalue weighted by molar-refractivity contribution is 7.99. The molecule has 1 nitrogen and oxygen atoms in total. The van der Waals surface area contributed by atoms with Crippen LogP contribution >= 0.6 is 11.8 Å². The van der Waals surface area contributed by atoms with E-state index in [2.05, 4.69) is 30.8 Å². The predicted molar refractivity (Wildman–Crippen MR) is 48.6 cm³/mol. The van der Waals surface area contributed by atoms with E-state index in [1.165, 1.54) is 30.9 Å². The van der Waals surface area contributed by atoms with Crippen molar-refractivity contribution >= 4 is 11.8 Å². The summed E-state index contributed by atoms with van der Waals surface area (Å²) in [5, 5.41) is 0. The normalized spacial score (nSPS) is 27.3. The van der Waals surface area contributed by atoms with E-state index in [9.17, 15) is 0 Å². The zero-order valence-corrected chi connectivity index (χ0v) is 7.78. The van der Waals surface area contributed by atoms with Crippen molar-refractivity contribution in [2.24, 2.45) is 5.92 Å². The second-order valence-electron chi connectivity index (χ2n) is 3.35. The topological polar surface area (TPSA) is 3.24 Å². The largest absolute Gasteiger partial charge is 0.309 e. The quantitative estimate of drug-likeness (QED) is 0.603. The molecule has 0 bridgehead atoms. The Bertz CT molecular complexity index is 87.3. The summed E-state index contributed by atoms with van der Waals surface area (Å²) in [5.41, 5.74) is 0. The van der Waals surface area contributed by atoms with Crippen LogP contribution in [0, 0.1) is 5.92 Å². The lowest BCUT2D eigenvalue weighted by Gasteiger charge is -2.24. The Morgan fingerprint density at radius 2 is 2.30 bits per heavy atom. The maximum absolute atomic E-state index is 2.30. The first-order valence-electron chi connectivity index (χ1n) is 4.01. The van der Waals surface area contributed by atoms with Gasteiger partial charge in [0, 0.05) is 6.54 Å². The summed E-state index contributed by atoms with van der Waals surface area (Å²) in [5.74, 6) is 3.75. The lowest BCUT2D eigenvalue weighted by Crippen LogP contribution is -2.25. The number of nitrogens with zero attached hydrogens (tertiary/aromatic N) is 1. The molecule has 1 saturated heterocycles. The third-order valence-electron chi connectivity index (χ3n) is 1.88. The van der Waals surface area contributed by atoms with Gasteiger partial charge >= 0.3 is 0 Å². The molecule has 0 radical (unpaired) electrons. The molecule has 0 amide bonds. The van der Waals surface area contributed by atoms with Gasteiger partial charge in [0.05, 0.1) is 0 Å². The van der Waals surface area contributed by atoms with Gasteiger partial charge in [-0.25, -0.2) is 0 Å². The summed E-state index contributed by atoms with van der Waals surface area (Å²) in [4.78, 5) is 2.30. The van der Waals surface area contributed by atoms with Crippen molar-refractivity contribution in [1.29, 1.82) is 0 Å². The zero-order valence-electron chi connectivity index (χ0n) is 6.97. The maximum atomic E-state index is 2.30. The van der Waals surface area contributed by atoms with E-state index in [1.807, 2.05) is 0 Å². The van der Waals surface area contributed by atoms with Crippen LogP contribution in [0.1, 0.15) is 12.8 Å². The lowest BCUT2D eigenvalue weighted by molar-refractivity contribution is 0.327. The van der Waals surface area contributed by atoms with Gasteiger partial charge in [-0.15, -0.1) is 0 Å². The zero-order chi connectivity index (χ0) is 7.40. The van der Waals surface area contributed by atoms with Crippen LogP contribution in [0.2, 0.25) is 0 Å². The molecule has 0 saturated carbocycles. The number of thioether (sulfide) groups is 1. The van der Waals surface area contributed by atoms with Gasteiger partial charge in [0.2, 0.25) is 0 Å². The molecule has 0 aliphatic carbocycles. The third-order valence-corrected chi connectivity index (χ3v) is 3.16. The molecule has 0 N–H and O–H groups in total. The van der Waals surface area contributed by atoms with E-state index in [0.717, 1.165) is 5.92 Å². The highest BCUT2D eigenvalue weighted by Crippen LogP contribution is 2.22. The van der Waals surface area contributed by atoms with Gasteiger partial charge in [-0.2, -0.15) is 11.8 Å². The Hall–Kier alpha value is 0.310. The summed E-state index contributed by atoms with van der Waals surface area (Å²) < 4.78 is 0. The summed E-state index contributed by atoms with van der Waals surface area (Å²) in [6.07, 6.45) is 2.88. The average Bonchev–Trinajstić information content (AvgIpc) is 1.88. The lowest BCUT2D eigenvalue weighted by atomic mass is 10.1. The van der Waals surface area contributed by atoms with Gasteiger partial charge in [-0.3, -0.25) is 0 Å². The fourth-order valence-corrected chi connectivity index (χ4v) is 2.61. The fraction of sp³-hybridized carbons (Fsp3) is 1.00.